The largest absolute Gasteiger partial charge is 0.350 e. The summed E-state index contributed by atoms with van der Waals surface area (Å²) in [5.41, 5.74) is 2.82. The molecule has 7 heteroatoms. The number of aryl methyl sites for hydroxylation is 1. The van der Waals surface area contributed by atoms with Crippen LogP contribution in [0.4, 0.5) is 4.39 Å². The molecule has 4 rings (SSSR count). The van der Waals surface area contributed by atoms with Gasteiger partial charge in [-0.05, 0) is 56.2 Å². The zero-order chi connectivity index (χ0) is 20.9. The highest BCUT2D eigenvalue weighted by atomic mass is 19.1. The van der Waals surface area contributed by atoms with Gasteiger partial charge in [-0.25, -0.2) is 4.39 Å². The van der Waals surface area contributed by atoms with Gasteiger partial charge in [-0.3, -0.25) is 14.3 Å². The molecule has 1 aromatic heterocycles. The third-order valence-electron chi connectivity index (χ3n) is 5.70. The Morgan fingerprint density at radius 1 is 1.17 bits per heavy atom. The van der Waals surface area contributed by atoms with Gasteiger partial charge in [0.25, 0.3) is 11.8 Å². The SMILES string of the molecule is O=C(NCCC1=CCCCC1)c1cc2n(n1)CCCN(Cc1cccc(F)c1)C2=O. The van der Waals surface area contributed by atoms with Crippen molar-refractivity contribution in [2.24, 2.45) is 0 Å². The molecule has 0 spiro atoms. The Morgan fingerprint density at radius 3 is 2.87 bits per heavy atom. The number of rotatable bonds is 6. The number of carbonyl (C=O) groups excluding carboxylic acids is 2. The minimum Gasteiger partial charge on any atom is -0.350 e. The molecule has 0 saturated carbocycles. The van der Waals surface area contributed by atoms with E-state index in [1.165, 1.54) is 30.5 Å². The maximum atomic E-state index is 13.5. The van der Waals surface area contributed by atoms with Crippen LogP contribution in [0.25, 0.3) is 0 Å². The summed E-state index contributed by atoms with van der Waals surface area (Å²) in [4.78, 5) is 27.2. The third kappa shape index (κ3) is 4.78. The van der Waals surface area contributed by atoms with Gasteiger partial charge in [0.15, 0.2) is 5.69 Å². The smallest absolute Gasteiger partial charge is 0.272 e. The first kappa shape index (κ1) is 20.3. The molecule has 1 aromatic carbocycles. The Hall–Kier alpha value is -2.96. The zero-order valence-electron chi connectivity index (χ0n) is 17.1. The summed E-state index contributed by atoms with van der Waals surface area (Å²) in [6.45, 7) is 2.04. The Morgan fingerprint density at radius 2 is 2.07 bits per heavy atom. The first-order valence-corrected chi connectivity index (χ1v) is 10.7. The number of halogens is 1. The highest BCUT2D eigenvalue weighted by Gasteiger charge is 2.26. The van der Waals surface area contributed by atoms with Gasteiger partial charge < -0.3 is 10.2 Å². The van der Waals surface area contributed by atoms with Crippen molar-refractivity contribution >= 4 is 11.8 Å². The monoisotopic (exact) mass is 410 g/mol. The van der Waals surface area contributed by atoms with Crippen molar-refractivity contribution in [3.63, 3.8) is 0 Å². The number of hydrogen-bond donors (Lipinski definition) is 1. The van der Waals surface area contributed by atoms with Crippen molar-refractivity contribution in [2.45, 2.75) is 51.6 Å². The molecular formula is C23H27FN4O2. The first-order valence-electron chi connectivity index (χ1n) is 10.7. The number of allylic oxidation sites excluding steroid dienone is 1. The second-order valence-electron chi connectivity index (χ2n) is 7.96. The molecule has 0 bridgehead atoms. The van der Waals surface area contributed by atoms with E-state index in [0.29, 0.717) is 31.9 Å². The van der Waals surface area contributed by atoms with Crippen LogP contribution in [0.3, 0.4) is 0 Å². The van der Waals surface area contributed by atoms with Crippen molar-refractivity contribution in [3.8, 4) is 0 Å². The van der Waals surface area contributed by atoms with Crippen molar-refractivity contribution in [2.75, 3.05) is 13.1 Å². The van der Waals surface area contributed by atoms with E-state index in [2.05, 4.69) is 16.5 Å². The maximum absolute atomic E-state index is 13.5. The lowest BCUT2D eigenvalue weighted by Gasteiger charge is -2.20. The minimum absolute atomic E-state index is 0.185. The summed E-state index contributed by atoms with van der Waals surface area (Å²) in [5.74, 6) is -0.755. The van der Waals surface area contributed by atoms with Crippen LogP contribution in [0.15, 0.2) is 42.0 Å². The molecule has 2 aliphatic rings. The van der Waals surface area contributed by atoms with Crippen molar-refractivity contribution in [3.05, 3.63) is 64.7 Å². The average molecular weight is 410 g/mol. The number of hydrogen-bond acceptors (Lipinski definition) is 3. The number of nitrogens with zero attached hydrogens (tertiary/aromatic N) is 3. The summed E-state index contributed by atoms with van der Waals surface area (Å²) < 4.78 is 15.1. The predicted octanol–water partition coefficient (Wildman–Crippen LogP) is 3.69. The van der Waals surface area contributed by atoms with E-state index in [0.717, 1.165) is 31.2 Å². The van der Waals surface area contributed by atoms with E-state index in [1.54, 1.807) is 27.8 Å². The van der Waals surface area contributed by atoms with Gasteiger partial charge in [0, 0.05) is 32.2 Å². The Bertz CT molecular complexity index is 966. The number of benzene rings is 1. The Kier molecular flexibility index (Phi) is 6.26. The van der Waals surface area contributed by atoms with Gasteiger partial charge in [0.2, 0.25) is 0 Å². The molecule has 1 aliphatic heterocycles. The summed E-state index contributed by atoms with van der Waals surface area (Å²) in [5, 5.41) is 7.29. The topological polar surface area (TPSA) is 67.2 Å². The van der Waals surface area contributed by atoms with Crippen LogP contribution < -0.4 is 5.32 Å². The molecular weight excluding hydrogens is 383 g/mol. The Labute approximate surface area is 175 Å². The number of carbonyl (C=O) groups is 2. The summed E-state index contributed by atoms with van der Waals surface area (Å²) >= 11 is 0. The molecule has 2 aromatic rings. The summed E-state index contributed by atoms with van der Waals surface area (Å²) in [6.07, 6.45) is 8.59. The molecule has 0 atom stereocenters. The summed E-state index contributed by atoms with van der Waals surface area (Å²) in [7, 11) is 0. The van der Waals surface area contributed by atoms with Crippen molar-refractivity contribution in [1.82, 2.24) is 20.0 Å². The lowest BCUT2D eigenvalue weighted by molar-refractivity contribution is 0.0745. The fraction of sp³-hybridized carbons (Fsp3) is 0.435. The number of fused-ring (bicyclic) bond motifs is 1. The Balaban J connectivity index is 1.40. The molecule has 30 heavy (non-hydrogen) atoms. The van der Waals surface area contributed by atoms with E-state index in [1.807, 2.05) is 0 Å². The number of nitrogens with one attached hydrogen (secondary N) is 1. The van der Waals surface area contributed by atoms with Gasteiger partial charge in [-0.15, -0.1) is 0 Å². The van der Waals surface area contributed by atoms with Crippen LogP contribution in [0.2, 0.25) is 0 Å². The fourth-order valence-electron chi connectivity index (χ4n) is 4.11. The second kappa shape index (κ2) is 9.24. The van der Waals surface area contributed by atoms with Crippen LogP contribution in [0.1, 0.15) is 65.1 Å². The normalized spacial score (nSPS) is 16.6. The molecule has 158 valence electrons. The van der Waals surface area contributed by atoms with Gasteiger partial charge >= 0.3 is 0 Å². The van der Waals surface area contributed by atoms with Gasteiger partial charge in [0.1, 0.15) is 11.5 Å². The second-order valence-corrected chi connectivity index (χ2v) is 7.96. The number of aromatic nitrogens is 2. The quantitative estimate of drug-likeness (QED) is 0.739. The summed E-state index contributed by atoms with van der Waals surface area (Å²) in [6, 6.07) is 7.85. The van der Waals surface area contributed by atoms with Crippen LogP contribution in [-0.2, 0) is 13.1 Å². The zero-order valence-corrected chi connectivity index (χ0v) is 17.1. The van der Waals surface area contributed by atoms with E-state index >= 15 is 0 Å². The molecule has 0 fully saturated rings. The van der Waals surface area contributed by atoms with Crippen LogP contribution in [0, 0.1) is 5.82 Å². The average Bonchev–Trinajstić information content (AvgIpc) is 3.12. The molecule has 2 heterocycles. The first-order chi connectivity index (χ1) is 14.6. The highest BCUT2D eigenvalue weighted by Crippen LogP contribution is 2.20. The van der Waals surface area contributed by atoms with Crippen molar-refractivity contribution < 1.29 is 14.0 Å². The van der Waals surface area contributed by atoms with Gasteiger partial charge in [0.05, 0.1) is 0 Å². The number of amides is 2. The molecule has 0 unspecified atom stereocenters. The van der Waals surface area contributed by atoms with E-state index in [9.17, 15) is 14.0 Å². The van der Waals surface area contributed by atoms with Gasteiger partial charge in [-0.2, -0.15) is 5.10 Å². The molecule has 1 aliphatic carbocycles. The fourth-order valence-corrected chi connectivity index (χ4v) is 4.11. The molecule has 2 amide bonds. The van der Waals surface area contributed by atoms with Crippen LogP contribution in [-0.4, -0.2) is 39.6 Å². The van der Waals surface area contributed by atoms with E-state index < -0.39 is 0 Å². The molecule has 6 nitrogen and oxygen atoms in total. The van der Waals surface area contributed by atoms with Crippen LogP contribution in [0.5, 0.6) is 0 Å². The van der Waals surface area contributed by atoms with Gasteiger partial charge in [-0.1, -0.05) is 23.8 Å². The van der Waals surface area contributed by atoms with Crippen LogP contribution >= 0.6 is 0 Å². The third-order valence-corrected chi connectivity index (χ3v) is 5.70. The molecule has 1 N–H and O–H groups in total. The lowest BCUT2D eigenvalue weighted by atomic mass is 9.97. The minimum atomic E-state index is -0.317. The molecule has 0 radical (unpaired) electrons. The van der Waals surface area contributed by atoms with E-state index in [-0.39, 0.29) is 23.3 Å². The standard InChI is InChI=1S/C23H27FN4O2/c24-19-9-4-8-18(14-19)16-27-12-5-13-28-21(23(27)30)15-20(26-28)22(29)25-11-10-17-6-2-1-3-7-17/h4,6,8-9,14-15H,1-3,5,7,10-13,16H2,(H,25,29). The highest BCUT2D eigenvalue weighted by molar-refractivity contribution is 5.98. The lowest BCUT2D eigenvalue weighted by Crippen LogP contribution is -2.30. The maximum Gasteiger partial charge on any atom is 0.272 e. The van der Waals surface area contributed by atoms with E-state index in [4.69, 9.17) is 0 Å². The molecule has 0 saturated heterocycles. The predicted molar refractivity (Wildman–Crippen MR) is 111 cm³/mol. The van der Waals surface area contributed by atoms with Crippen molar-refractivity contribution in [1.29, 1.82) is 0 Å².